The smallest absolute Gasteiger partial charge is 0.258 e. The molecule has 0 fully saturated rings. The summed E-state index contributed by atoms with van der Waals surface area (Å²) in [6, 6.07) is 12.1. The first-order chi connectivity index (χ1) is 18.6. The van der Waals surface area contributed by atoms with E-state index in [4.69, 9.17) is 9.47 Å². The van der Waals surface area contributed by atoms with Gasteiger partial charge < -0.3 is 20.1 Å². The molecule has 0 saturated carbocycles. The SMILES string of the molecule is CC(CNC(=O)COc1ccc(C(C)(C)C)cc1C(C)(C)C)NC(=O)COc1ccc(C(C)(C)C)cc1C(C)(C)C. The lowest BCUT2D eigenvalue weighted by molar-refractivity contribution is -0.125. The van der Waals surface area contributed by atoms with E-state index in [0.717, 1.165) is 11.1 Å². The lowest BCUT2D eigenvalue weighted by Gasteiger charge is -2.27. The van der Waals surface area contributed by atoms with Gasteiger partial charge >= 0.3 is 0 Å². The van der Waals surface area contributed by atoms with Crippen LogP contribution in [0.15, 0.2) is 36.4 Å². The second-order valence-electron chi connectivity index (χ2n) is 15.3. The molecule has 0 radical (unpaired) electrons. The number of ether oxygens (including phenoxy) is 2. The van der Waals surface area contributed by atoms with Crippen molar-refractivity contribution in [2.75, 3.05) is 19.8 Å². The molecule has 2 amide bonds. The number of carbonyl (C=O) groups is 2. The van der Waals surface area contributed by atoms with E-state index in [9.17, 15) is 9.59 Å². The number of hydrogen-bond acceptors (Lipinski definition) is 4. The Balaban J connectivity index is 1.91. The van der Waals surface area contributed by atoms with Crippen molar-refractivity contribution >= 4 is 11.8 Å². The van der Waals surface area contributed by atoms with Crippen molar-refractivity contribution in [1.82, 2.24) is 10.6 Å². The van der Waals surface area contributed by atoms with Gasteiger partial charge in [0.15, 0.2) is 13.2 Å². The predicted octanol–water partition coefficient (Wildman–Crippen LogP) is 6.96. The van der Waals surface area contributed by atoms with E-state index in [1.165, 1.54) is 11.1 Å². The van der Waals surface area contributed by atoms with Gasteiger partial charge in [0, 0.05) is 12.6 Å². The molecule has 6 heteroatoms. The van der Waals surface area contributed by atoms with Gasteiger partial charge in [-0.1, -0.05) is 107 Å². The number of nitrogens with one attached hydrogen (secondary N) is 2. The van der Waals surface area contributed by atoms with Gasteiger partial charge in [-0.3, -0.25) is 9.59 Å². The van der Waals surface area contributed by atoms with Crippen molar-refractivity contribution in [3.63, 3.8) is 0 Å². The molecule has 0 heterocycles. The number of rotatable bonds is 9. The minimum absolute atomic E-state index is 0.0204. The molecule has 0 aliphatic heterocycles. The van der Waals surface area contributed by atoms with E-state index >= 15 is 0 Å². The van der Waals surface area contributed by atoms with Crippen molar-refractivity contribution in [2.45, 2.75) is 118 Å². The molecule has 1 unspecified atom stereocenters. The van der Waals surface area contributed by atoms with Crippen LogP contribution in [0.1, 0.15) is 112 Å². The summed E-state index contributed by atoms with van der Waals surface area (Å²) in [5.41, 5.74) is 4.38. The van der Waals surface area contributed by atoms with Gasteiger partial charge in [0.05, 0.1) is 0 Å². The molecule has 0 saturated heterocycles. The van der Waals surface area contributed by atoms with E-state index in [0.29, 0.717) is 11.5 Å². The van der Waals surface area contributed by atoms with Gasteiger partial charge in [-0.2, -0.15) is 0 Å². The molecule has 228 valence electrons. The van der Waals surface area contributed by atoms with Crippen molar-refractivity contribution in [2.24, 2.45) is 0 Å². The number of carbonyl (C=O) groups excluding carboxylic acids is 2. The van der Waals surface area contributed by atoms with Crippen LogP contribution in [0.25, 0.3) is 0 Å². The van der Waals surface area contributed by atoms with Crippen LogP contribution in [0.5, 0.6) is 11.5 Å². The number of hydrogen-bond donors (Lipinski definition) is 2. The van der Waals surface area contributed by atoms with Gasteiger partial charge in [-0.05, 0) is 63.0 Å². The van der Waals surface area contributed by atoms with Gasteiger partial charge in [0.25, 0.3) is 11.8 Å². The summed E-state index contributed by atoms with van der Waals surface area (Å²) in [6.07, 6.45) is 0. The number of amides is 2. The van der Waals surface area contributed by atoms with Crippen LogP contribution in [-0.2, 0) is 31.2 Å². The molecule has 1 atom stereocenters. The summed E-state index contributed by atoms with van der Waals surface area (Å²) >= 11 is 0. The quantitative estimate of drug-likeness (QED) is 0.344. The van der Waals surface area contributed by atoms with Crippen LogP contribution in [0.4, 0.5) is 0 Å². The summed E-state index contributed by atoms with van der Waals surface area (Å²) in [5.74, 6) is 0.945. The first kappa shape index (κ1) is 34.2. The third-order valence-corrected chi connectivity index (χ3v) is 7.04. The average molecular weight is 567 g/mol. The summed E-state index contributed by atoms with van der Waals surface area (Å²) in [5, 5.41) is 5.76. The first-order valence-electron chi connectivity index (χ1n) is 14.7. The average Bonchev–Trinajstić information content (AvgIpc) is 2.82. The monoisotopic (exact) mass is 566 g/mol. The fourth-order valence-corrected chi connectivity index (χ4v) is 4.39. The molecule has 2 rings (SSSR count). The lowest BCUT2D eigenvalue weighted by Crippen LogP contribution is -2.44. The molecule has 2 N–H and O–H groups in total. The summed E-state index contributed by atoms with van der Waals surface area (Å²) in [4.78, 5) is 25.2. The second-order valence-corrected chi connectivity index (χ2v) is 15.3. The van der Waals surface area contributed by atoms with Gasteiger partial charge in [0.2, 0.25) is 0 Å². The summed E-state index contributed by atoms with van der Waals surface area (Å²) in [6.45, 7) is 27.9. The molecule has 41 heavy (non-hydrogen) atoms. The highest BCUT2D eigenvalue weighted by Crippen LogP contribution is 2.36. The van der Waals surface area contributed by atoms with Crippen LogP contribution in [0, 0.1) is 0 Å². The third kappa shape index (κ3) is 10.4. The zero-order chi connectivity index (χ0) is 31.4. The Morgan fingerprint density at radius 1 is 0.634 bits per heavy atom. The molecule has 2 aromatic carbocycles. The molecule has 0 aromatic heterocycles. The molecule has 2 aromatic rings. The van der Waals surface area contributed by atoms with E-state index in [2.05, 4.69) is 118 Å². The predicted molar refractivity (Wildman–Crippen MR) is 169 cm³/mol. The molecule has 6 nitrogen and oxygen atoms in total. The van der Waals surface area contributed by atoms with E-state index < -0.39 is 0 Å². The molecule has 0 bridgehead atoms. The Morgan fingerprint density at radius 2 is 1.02 bits per heavy atom. The topological polar surface area (TPSA) is 76.7 Å². The van der Waals surface area contributed by atoms with E-state index in [-0.39, 0.29) is 59.3 Å². The fourth-order valence-electron chi connectivity index (χ4n) is 4.39. The normalized spacial score (nSPS) is 13.4. The maximum Gasteiger partial charge on any atom is 0.258 e. The zero-order valence-corrected chi connectivity index (χ0v) is 27.8. The van der Waals surface area contributed by atoms with Crippen LogP contribution in [0.2, 0.25) is 0 Å². The van der Waals surface area contributed by atoms with Crippen molar-refractivity contribution in [3.05, 3.63) is 58.7 Å². The highest BCUT2D eigenvalue weighted by atomic mass is 16.5. The lowest BCUT2D eigenvalue weighted by atomic mass is 9.80. The van der Waals surface area contributed by atoms with Crippen LogP contribution < -0.4 is 20.1 Å². The van der Waals surface area contributed by atoms with Crippen molar-refractivity contribution in [1.29, 1.82) is 0 Å². The molecule has 0 aliphatic carbocycles. The van der Waals surface area contributed by atoms with Gasteiger partial charge in [0.1, 0.15) is 11.5 Å². The molecule has 0 spiro atoms. The highest BCUT2D eigenvalue weighted by Gasteiger charge is 2.25. The van der Waals surface area contributed by atoms with Gasteiger partial charge in [-0.15, -0.1) is 0 Å². The largest absolute Gasteiger partial charge is 0.483 e. The van der Waals surface area contributed by atoms with Crippen LogP contribution in [-0.4, -0.2) is 37.6 Å². The number of benzene rings is 2. The highest BCUT2D eigenvalue weighted by molar-refractivity contribution is 5.79. The second kappa shape index (κ2) is 12.9. The molecular formula is C35H54N2O4. The Hall–Kier alpha value is -3.02. The van der Waals surface area contributed by atoms with Crippen molar-refractivity contribution in [3.8, 4) is 11.5 Å². The molecule has 0 aliphatic rings. The Labute approximate surface area is 249 Å². The first-order valence-corrected chi connectivity index (χ1v) is 14.7. The Bertz CT molecular complexity index is 1200. The minimum Gasteiger partial charge on any atom is -0.483 e. The van der Waals surface area contributed by atoms with Crippen LogP contribution >= 0.6 is 0 Å². The van der Waals surface area contributed by atoms with E-state index in [1.54, 1.807) is 0 Å². The standard InChI is InChI=1S/C35H54N2O4/c1-23(37-31(39)22-41-29-17-15-25(33(5,6)7)19-27(29)35(11,12)13)20-36-30(38)21-40-28-16-14-24(32(2,3)4)18-26(28)34(8,9)10/h14-19,23H,20-22H2,1-13H3,(H,36,38)(H,37,39). The fraction of sp³-hybridized carbons (Fsp3) is 0.600. The van der Waals surface area contributed by atoms with E-state index in [1.807, 2.05) is 19.1 Å². The minimum atomic E-state index is -0.267. The Morgan fingerprint density at radius 3 is 1.39 bits per heavy atom. The zero-order valence-electron chi connectivity index (χ0n) is 27.8. The maximum absolute atomic E-state index is 12.6. The molecular weight excluding hydrogens is 512 g/mol. The third-order valence-electron chi connectivity index (χ3n) is 7.04. The summed E-state index contributed by atoms with van der Waals surface area (Å²) in [7, 11) is 0. The maximum atomic E-state index is 12.6. The summed E-state index contributed by atoms with van der Waals surface area (Å²) < 4.78 is 11.9. The van der Waals surface area contributed by atoms with Crippen LogP contribution in [0.3, 0.4) is 0 Å². The Kier molecular flexibility index (Phi) is 10.7. The van der Waals surface area contributed by atoms with Crippen molar-refractivity contribution < 1.29 is 19.1 Å². The van der Waals surface area contributed by atoms with Gasteiger partial charge in [-0.25, -0.2) is 0 Å².